The Morgan fingerprint density at radius 1 is 1.36 bits per heavy atom. The van der Waals surface area contributed by atoms with Gasteiger partial charge in [0.1, 0.15) is 0 Å². The summed E-state index contributed by atoms with van der Waals surface area (Å²) in [5.41, 5.74) is 2.41. The smallest absolute Gasteiger partial charge is 0.217 e. The number of aryl methyl sites for hydroxylation is 1. The largest absolute Gasteiger partial charge is 0.353 e. The van der Waals surface area contributed by atoms with E-state index in [4.69, 9.17) is 0 Å². The number of benzene rings is 1. The summed E-state index contributed by atoms with van der Waals surface area (Å²) >= 11 is 0. The van der Waals surface area contributed by atoms with Crippen LogP contribution in [-0.2, 0) is 4.79 Å². The average molecular weight is 189 g/mol. The minimum Gasteiger partial charge on any atom is -0.353 e. The molecule has 0 aliphatic heterocycles. The zero-order valence-corrected chi connectivity index (χ0v) is 8.58. The van der Waals surface area contributed by atoms with E-state index >= 15 is 0 Å². The first-order chi connectivity index (χ1) is 6.68. The fraction of sp³-hybridized carbons (Fsp3) is 0.250. The van der Waals surface area contributed by atoms with Gasteiger partial charge in [-0.2, -0.15) is 0 Å². The Morgan fingerprint density at radius 3 is 2.57 bits per heavy atom. The van der Waals surface area contributed by atoms with Crippen molar-refractivity contribution in [3.63, 3.8) is 0 Å². The summed E-state index contributed by atoms with van der Waals surface area (Å²) in [7, 11) is 0. The van der Waals surface area contributed by atoms with Gasteiger partial charge in [0.25, 0.3) is 0 Å². The predicted molar refractivity (Wildman–Crippen MR) is 58.9 cm³/mol. The second kappa shape index (κ2) is 5.22. The molecule has 1 aromatic carbocycles. The molecule has 0 atom stereocenters. The summed E-state index contributed by atoms with van der Waals surface area (Å²) in [4.78, 5) is 10.6. The van der Waals surface area contributed by atoms with E-state index in [9.17, 15) is 4.79 Å². The number of hydrogen-bond acceptors (Lipinski definition) is 1. The van der Waals surface area contributed by atoms with Crippen molar-refractivity contribution in [2.45, 2.75) is 13.8 Å². The molecule has 2 nitrogen and oxygen atoms in total. The molecular formula is C12H15NO. The van der Waals surface area contributed by atoms with Gasteiger partial charge in [0.15, 0.2) is 0 Å². The molecule has 74 valence electrons. The van der Waals surface area contributed by atoms with Gasteiger partial charge < -0.3 is 5.32 Å². The summed E-state index contributed by atoms with van der Waals surface area (Å²) < 4.78 is 0. The van der Waals surface area contributed by atoms with Crippen molar-refractivity contribution >= 4 is 12.0 Å². The van der Waals surface area contributed by atoms with E-state index in [1.165, 1.54) is 12.5 Å². The van der Waals surface area contributed by atoms with Gasteiger partial charge in [-0.25, -0.2) is 0 Å². The van der Waals surface area contributed by atoms with Crippen LogP contribution in [0.1, 0.15) is 18.1 Å². The van der Waals surface area contributed by atoms with E-state index < -0.39 is 0 Å². The maximum atomic E-state index is 10.6. The molecule has 1 rings (SSSR count). The lowest BCUT2D eigenvalue weighted by molar-refractivity contribution is -0.118. The van der Waals surface area contributed by atoms with Crippen LogP contribution in [0.25, 0.3) is 6.08 Å². The molecule has 0 fully saturated rings. The van der Waals surface area contributed by atoms with Crippen LogP contribution >= 0.6 is 0 Å². The number of hydrogen-bond donors (Lipinski definition) is 1. The third-order valence-corrected chi connectivity index (χ3v) is 1.86. The molecular weight excluding hydrogens is 174 g/mol. The lowest BCUT2D eigenvalue weighted by Gasteiger charge is -1.96. The van der Waals surface area contributed by atoms with Crippen molar-refractivity contribution < 1.29 is 4.79 Å². The maximum absolute atomic E-state index is 10.6. The Morgan fingerprint density at radius 2 is 2.00 bits per heavy atom. The summed E-state index contributed by atoms with van der Waals surface area (Å²) in [6.45, 7) is 4.16. The van der Waals surface area contributed by atoms with Crippen LogP contribution in [0.5, 0.6) is 0 Å². The number of amides is 1. The summed E-state index contributed by atoms with van der Waals surface area (Å²) in [5.74, 6) is -0.00134. The third kappa shape index (κ3) is 3.90. The SMILES string of the molecule is CC(=O)NC/C=C\c1ccc(C)cc1. The topological polar surface area (TPSA) is 29.1 Å². The normalized spacial score (nSPS) is 10.4. The highest BCUT2D eigenvalue weighted by atomic mass is 16.1. The minimum absolute atomic E-state index is 0.00134. The fourth-order valence-corrected chi connectivity index (χ4v) is 1.08. The Balaban J connectivity index is 2.44. The molecule has 0 radical (unpaired) electrons. The Labute approximate surface area is 84.6 Å². The molecule has 0 saturated heterocycles. The second-order valence-electron chi connectivity index (χ2n) is 3.25. The molecule has 0 bridgehead atoms. The van der Waals surface area contributed by atoms with Crippen LogP contribution in [-0.4, -0.2) is 12.5 Å². The van der Waals surface area contributed by atoms with E-state index in [-0.39, 0.29) is 5.91 Å². The molecule has 1 N–H and O–H groups in total. The van der Waals surface area contributed by atoms with Gasteiger partial charge in [-0.1, -0.05) is 42.0 Å². The molecule has 1 amide bonds. The van der Waals surface area contributed by atoms with Crippen LogP contribution in [0, 0.1) is 6.92 Å². The van der Waals surface area contributed by atoms with Gasteiger partial charge in [0.2, 0.25) is 5.91 Å². The van der Waals surface area contributed by atoms with Gasteiger partial charge in [-0.15, -0.1) is 0 Å². The van der Waals surface area contributed by atoms with E-state index in [0.717, 1.165) is 5.56 Å². The van der Waals surface area contributed by atoms with E-state index in [0.29, 0.717) is 6.54 Å². The van der Waals surface area contributed by atoms with Crippen molar-refractivity contribution in [3.8, 4) is 0 Å². The number of nitrogens with one attached hydrogen (secondary N) is 1. The maximum Gasteiger partial charge on any atom is 0.217 e. The highest BCUT2D eigenvalue weighted by Crippen LogP contribution is 2.04. The highest BCUT2D eigenvalue weighted by Gasteiger charge is 1.87. The lowest BCUT2D eigenvalue weighted by Crippen LogP contribution is -2.19. The average Bonchev–Trinajstić information content (AvgIpc) is 2.15. The molecule has 14 heavy (non-hydrogen) atoms. The van der Waals surface area contributed by atoms with Gasteiger partial charge in [0, 0.05) is 13.5 Å². The van der Waals surface area contributed by atoms with Gasteiger partial charge in [0.05, 0.1) is 0 Å². The fourth-order valence-electron chi connectivity index (χ4n) is 1.08. The summed E-state index contributed by atoms with van der Waals surface area (Å²) in [6, 6.07) is 8.25. The molecule has 0 heterocycles. The zero-order valence-electron chi connectivity index (χ0n) is 8.58. The molecule has 0 spiro atoms. The predicted octanol–water partition coefficient (Wildman–Crippen LogP) is 2.14. The number of rotatable bonds is 3. The van der Waals surface area contributed by atoms with E-state index in [1.54, 1.807) is 0 Å². The molecule has 0 aromatic heterocycles. The van der Waals surface area contributed by atoms with Crippen molar-refractivity contribution in [3.05, 3.63) is 41.5 Å². The van der Waals surface area contributed by atoms with Gasteiger partial charge >= 0.3 is 0 Å². The Kier molecular flexibility index (Phi) is 3.92. The van der Waals surface area contributed by atoms with Crippen LogP contribution in [0.3, 0.4) is 0 Å². The van der Waals surface area contributed by atoms with Crippen LogP contribution in [0.2, 0.25) is 0 Å². The van der Waals surface area contributed by atoms with Crippen molar-refractivity contribution in [1.82, 2.24) is 5.32 Å². The molecule has 0 unspecified atom stereocenters. The standard InChI is InChI=1S/C12H15NO/c1-10-5-7-12(8-6-10)4-3-9-13-11(2)14/h3-8H,9H2,1-2H3,(H,13,14)/b4-3-. The second-order valence-corrected chi connectivity index (χ2v) is 3.25. The lowest BCUT2D eigenvalue weighted by atomic mass is 10.1. The van der Waals surface area contributed by atoms with Crippen LogP contribution < -0.4 is 5.32 Å². The first-order valence-corrected chi connectivity index (χ1v) is 4.66. The van der Waals surface area contributed by atoms with Gasteiger partial charge in [-0.3, -0.25) is 4.79 Å². The summed E-state index contributed by atoms with van der Waals surface area (Å²) in [6.07, 6.45) is 3.93. The number of carbonyl (C=O) groups is 1. The first kappa shape index (κ1) is 10.5. The summed E-state index contributed by atoms with van der Waals surface area (Å²) in [5, 5.41) is 2.70. The quantitative estimate of drug-likeness (QED) is 0.775. The Hall–Kier alpha value is -1.57. The third-order valence-electron chi connectivity index (χ3n) is 1.86. The van der Waals surface area contributed by atoms with Crippen molar-refractivity contribution in [1.29, 1.82) is 0 Å². The monoisotopic (exact) mass is 189 g/mol. The van der Waals surface area contributed by atoms with Crippen molar-refractivity contribution in [2.24, 2.45) is 0 Å². The van der Waals surface area contributed by atoms with Crippen molar-refractivity contribution in [2.75, 3.05) is 6.54 Å². The van der Waals surface area contributed by atoms with Crippen LogP contribution in [0.15, 0.2) is 30.3 Å². The Bertz CT molecular complexity index is 325. The molecule has 0 aliphatic rings. The number of carbonyl (C=O) groups excluding carboxylic acids is 1. The minimum atomic E-state index is -0.00134. The highest BCUT2D eigenvalue weighted by molar-refractivity contribution is 5.73. The van der Waals surface area contributed by atoms with Crippen LogP contribution in [0.4, 0.5) is 0 Å². The first-order valence-electron chi connectivity index (χ1n) is 4.66. The molecule has 0 aliphatic carbocycles. The van der Waals surface area contributed by atoms with Gasteiger partial charge in [-0.05, 0) is 12.5 Å². The van der Waals surface area contributed by atoms with E-state index in [2.05, 4.69) is 36.5 Å². The zero-order chi connectivity index (χ0) is 10.4. The molecule has 2 heteroatoms. The molecule has 1 aromatic rings. The molecule has 0 saturated carbocycles. The van der Waals surface area contributed by atoms with E-state index in [1.807, 2.05) is 12.2 Å².